The van der Waals surface area contributed by atoms with Crippen molar-refractivity contribution >= 4 is 15.7 Å². The summed E-state index contributed by atoms with van der Waals surface area (Å²) in [6, 6.07) is 9.04. The fourth-order valence-electron chi connectivity index (χ4n) is 1.81. The fourth-order valence-corrected chi connectivity index (χ4v) is 2.99. The van der Waals surface area contributed by atoms with E-state index in [-0.39, 0.29) is 5.75 Å². The summed E-state index contributed by atoms with van der Waals surface area (Å²) in [6.07, 6.45) is 6.54. The molecule has 0 saturated carbocycles. The Labute approximate surface area is 111 Å². The quantitative estimate of drug-likeness (QED) is 0.693. The molecule has 1 aromatic carbocycles. The van der Waals surface area contributed by atoms with Gasteiger partial charge in [0.2, 0.25) is 10.0 Å². The van der Waals surface area contributed by atoms with Crippen molar-refractivity contribution in [2.24, 2.45) is 0 Å². The third kappa shape index (κ3) is 6.64. The second-order valence-electron chi connectivity index (χ2n) is 4.55. The molecule has 0 atom stereocenters. The van der Waals surface area contributed by atoms with Gasteiger partial charge in [0.1, 0.15) is 0 Å². The number of nitrogens with one attached hydrogen (secondary N) is 1. The number of anilines is 1. The molecule has 0 aliphatic rings. The third-order valence-electron chi connectivity index (χ3n) is 2.81. The van der Waals surface area contributed by atoms with Crippen molar-refractivity contribution in [2.45, 2.75) is 45.4 Å². The topological polar surface area (TPSA) is 46.2 Å². The van der Waals surface area contributed by atoms with Crippen LogP contribution in [0.4, 0.5) is 5.69 Å². The lowest BCUT2D eigenvalue weighted by Gasteiger charge is -2.07. The summed E-state index contributed by atoms with van der Waals surface area (Å²) >= 11 is 0. The minimum atomic E-state index is -3.18. The van der Waals surface area contributed by atoms with Gasteiger partial charge in [0.15, 0.2) is 0 Å². The van der Waals surface area contributed by atoms with Crippen LogP contribution in [0.25, 0.3) is 0 Å². The van der Waals surface area contributed by atoms with Crippen LogP contribution < -0.4 is 4.72 Å². The van der Waals surface area contributed by atoms with Crippen molar-refractivity contribution in [1.29, 1.82) is 0 Å². The van der Waals surface area contributed by atoms with Crippen LogP contribution >= 0.6 is 0 Å². The monoisotopic (exact) mass is 269 g/mol. The van der Waals surface area contributed by atoms with Crippen molar-refractivity contribution < 1.29 is 8.42 Å². The zero-order chi connectivity index (χ0) is 13.3. The highest BCUT2D eigenvalue weighted by Crippen LogP contribution is 2.10. The summed E-state index contributed by atoms with van der Waals surface area (Å²) in [4.78, 5) is 0. The lowest BCUT2D eigenvalue weighted by atomic mass is 10.1. The van der Waals surface area contributed by atoms with E-state index in [1.165, 1.54) is 19.3 Å². The number of rotatable bonds is 9. The van der Waals surface area contributed by atoms with Crippen LogP contribution in [0.1, 0.15) is 45.4 Å². The molecule has 0 saturated heterocycles. The maximum atomic E-state index is 11.8. The molecule has 0 aliphatic carbocycles. The van der Waals surface area contributed by atoms with Crippen LogP contribution in [-0.2, 0) is 10.0 Å². The zero-order valence-electron chi connectivity index (χ0n) is 11.1. The molecule has 0 heterocycles. The predicted octanol–water partition coefficient (Wildman–Crippen LogP) is 3.79. The summed E-state index contributed by atoms with van der Waals surface area (Å²) in [5.74, 6) is 0.216. The van der Waals surface area contributed by atoms with Gasteiger partial charge >= 0.3 is 0 Å². The summed E-state index contributed by atoms with van der Waals surface area (Å²) < 4.78 is 26.1. The van der Waals surface area contributed by atoms with E-state index in [1.54, 1.807) is 12.1 Å². The Morgan fingerprint density at radius 1 is 0.944 bits per heavy atom. The molecule has 0 unspecified atom stereocenters. The first kappa shape index (κ1) is 15.0. The van der Waals surface area contributed by atoms with E-state index in [1.807, 2.05) is 18.2 Å². The van der Waals surface area contributed by atoms with E-state index in [4.69, 9.17) is 0 Å². The second-order valence-corrected chi connectivity index (χ2v) is 6.40. The van der Waals surface area contributed by atoms with Crippen molar-refractivity contribution in [3.63, 3.8) is 0 Å². The van der Waals surface area contributed by atoms with Gasteiger partial charge in [-0.25, -0.2) is 8.42 Å². The largest absolute Gasteiger partial charge is 0.284 e. The highest BCUT2D eigenvalue weighted by molar-refractivity contribution is 7.92. The minimum Gasteiger partial charge on any atom is -0.284 e. The number of hydrogen-bond acceptors (Lipinski definition) is 2. The normalized spacial score (nSPS) is 11.4. The van der Waals surface area contributed by atoms with Crippen LogP contribution in [0.15, 0.2) is 30.3 Å². The van der Waals surface area contributed by atoms with Gasteiger partial charge in [-0.15, -0.1) is 0 Å². The maximum Gasteiger partial charge on any atom is 0.232 e. The van der Waals surface area contributed by atoms with E-state index >= 15 is 0 Å². The smallest absolute Gasteiger partial charge is 0.232 e. The third-order valence-corrected chi connectivity index (χ3v) is 4.19. The zero-order valence-corrected chi connectivity index (χ0v) is 11.9. The average molecular weight is 269 g/mol. The molecule has 0 fully saturated rings. The van der Waals surface area contributed by atoms with E-state index in [9.17, 15) is 8.42 Å². The SMILES string of the molecule is CCCCCCCCS(=O)(=O)Nc1ccccc1. The Morgan fingerprint density at radius 3 is 2.22 bits per heavy atom. The van der Waals surface area contributed by atoms with Gasteiger partial charge in [-0.1, -0.05) is 57.2 Å². The lowest BCUT2D eigenvalue weighted by Crippen LogP contribution is -2.16. The van der Waals surface area contributed by atoms with Gasteiger partial charge in [0.05, 0.1) is 5.75 Å². The summed E-state index contributed by atoms with van der Waals surface area (Å²) in [5.41, 5.74) is 0.642. The molecule has 18 heavy (non-hydrogen) atoms. The molecule has 0 aliphatic heterocycles. The Hall–Kier alpha value is -1.03. The second kappa shape index (κ2) is 8.14. The van der Waals surface area contributed by atoms with Gasteiger partial charge in [-0.3, -0.25) is 4.72 Å². The predicted molar refractivity (Wildman–Crippen MR) is 77.2 cm³/mol. The average Bonchev–Trinajstić information content (AvgIpc) is 2.34. The summed E-state index contributed by atoms with van der Waals surface area (Å²) in [7, 11) is -3.18. The summed E-state index contributed by atoms with van der Waals surface area (Å²) in [6.45, 7) is 2.17. The number of benzene rings is 1. The minimum absolute atomic E-state index is 0.216. The van der Waals surface area contributed by atoms with Crippen molar-refractivity contribution in [3.8, 4) is 0 Å². The number of unbranched alkanes of at least 4 members (excludes halogenated alkanes) is 5. The lowest BCUT2D eigenvalue weighted by molar-refractivity contribution is 0.588. The molecule has 4 heteroatoms. The van der Waals surface area contributed by atoms with E-state index in [0.29, 0.717) is 5.69 Å². The molecule has 0 aromatic heterocycles. The molecule has 3 nitrogen and oxygen atoms in total. The standard InChI is InChI=1S/C14H23NO2S/c1-2-3-4-5-6-10-13-18(16,17)15-14-11-8-7-9-12-14/h7-9,11-12,15H,2-6,10,13H2,1H3. The number of hydrogen-bond donors (Lipinski definition) is 1. The Kier molecular flexibility index (Phi) is 6.80. The van der Waals surface area contributed by atoms with Gasteiger partial charge in [-0.2, -0.15) is 0 Å². The molecule has 0 radical (unpaired) electrons. The molecule has 0 bridgehead atoms. The molecule has 0 amide bonds. The molecule has 0 spiro atoms. The first-order valence-electron chi connectivity index (χ1n) is 6.69. The molecule has 1 N–H and O–H groups in total. The Morgan fingerprint density at radius 2 is 1.56 bits per heavy atom. The Balaban J connectivity index is 2.24. The van der Waals surface area contributed by atoms with Crippen LogP contribution in [0, 0.1) is 0 Å². The molecule has 102 valence electrons. The van der Waals surface area contributed by atoms with Crippen molar-refractivity contribution in [1.82, 2.24) is 0 Å². The fraction of sp³-hybridized carbons (Fsp3) is 0.571. The molecule has 1 rings (SSSR count). The van der Waals surface area contributed by atoms with Crippen molar-refractivity contribution in [2.75, 3.05) is 10.5 Å². The van der Waals surface area contributed by atoms with Crippen LogP contribution in [0.3, 0.4) is 0 Å². The van der Waals surface area contributed by atoms with Crippen molar-refractivity contribution in [3.05, 3.63) is 30.3 Å². The Bertz CT molecular complexity index is 415. The van der Waals surface area contributed by atoms with Crippen LogP contribution in [0.2, 0.25) is 0 Å². The molecule has 1 aromatic rings. The first-order valence-corrected chi connectivity index (χ1v) is 8.35. The van der Waals surface area contributed by atoms with E-state index < -0.39 is 10.0 Å². The molecular weight excluding hydrogens is 246 g/mol. The van der Waals surface area contributed by atoms with E-state index in [0.717, 1.165) is 19.3 Å². The van der Waals surface area contributed by atoms with Gasteiger partial charge in [0, 0.05) is 5.69 Å². The summed E-state index contributed by atoms with van der Waals surface area (Å²) in [5, 5.41) is 0. The van der Waals surface area contributed by atoms with Crippen LogP contribution in [0.5, 0.6) is 0 Å². The highest BCUT2D eigenvalue weighted by atomic mass is 32.2. The first-order chi connectivity index (χ1) is 8.64. The highest BCUT2D eigenvalue weighted by Gasteiger charge is 2.09. The molecular formula is C14H23NO2S. The van der Waals surface area contributed by atoms with Gasteiger partial charge < -0.3 is 0 Å². The van der Waals surface area contributed by atoms with Gasteiger partial charge in [-0.05, 0) is 18.6 Å². The van der Waals surface area contributed by atoms with E-state index in [2.05, 4.69) is 11.6 Å². The number of sulfonamides is 1. The van der Waals surface area contributed by atoms with Gasteiger partial charge in [0.25, 0.3) is 0 Å². The van der Waals surface area contributed by atoms with Crippen LogP contribution in [-0.4, -0.2) is 14.2 Å². The number of para-hydroxylation sites is 1. The maximum absolute atomic E-state index is 11.8.